The van der Waals surface area contributed by atoms with Crippen LogP contribution in [0.25, 0.3) is 0 Å². The largest absolute Gasteiger partial charge is 0.444 e. The van der Waals surface area contributed by atoms with Crippen molar-refractivity contribution in [3.8, 4) is 0 Å². The van der Waals surface area contributed by atoms with E-state index in [2.05, 4.69) is 4.90 Å². The maximum Gasteiger partial charge on any atom is 0.410 e. The third-order valence-corrected chi connectivity index (χ3v) is 6.16. The monoisotopic (exact) mass is 395 g/mol. The lowest BCUT2D eigenvalue weighted by molar-refractivity contribution is -0.127. The number of rotatable bonds is 4. The van der Waals surface area contributed by atoms with E-state index in [-0.39, 0.29) is 25.0 Å². The van der Waals surface area contributed by atoms with E-state index in [0.717, 1.165) is 0 Å². The molecular weight excluding hydrogens is 370 g/mol. The highest BCUT2D eigenvalue weighted by atomic mass is 35.7. The van der Waals surface area contributed by atoms with Crippen molar-refractivity contribution >= 4 is 31.7 Å². The summed E-state index contributed by atoms with van der Waals surface area (Å²) >= 11 is 0. The Morgan fingerprint density at radius 2 is 1.80 bits per heavy atom. The van der Waals surface area contributed by atoms with Gasteiger partial charge in [0.25, 0.3) is 0 Å². The molecule has 1 unspecified atom stereocenters. The van der Waals surface area contributed by atoms with E-state index in [9.17, 15) is 18.0 Å². The van der Waals surface area contributed by atoms with Crippen molar-refractivity contribution in [1.82, 2.24) is 14.7 Å². The molecule has 2 heterocycles. The highest BCUT2D eigenvalue weighted by Gasteiger charge is 2.37. The van der Waals surface area contributed by atoms with Gasteiger partial charge < -0.3 is 14.5 Å². The molecule has 2 fully saturated rings. The number of carbonyl (C=O) groups excluding carboxylic acids is 2. The molecule has 2 amide bonds. The second kappa shape index (κ2) is 7.67. The predicted molar refractivity (Wildman–Crippen MR) is 94.0 cm³/mol. The van der Waals surface area contributed by atoms with Gasteiger partial charge in [-0.2, -0.15) is 0 Å². The van der Waals surface area contributed by atoms with Gasteiger partial charge in [-0.1, -0.05) is 0 Å². The van der Waals surface area contributed by atoms with Crippen LogP contribution in [0.4, 0.5) is 4.79 Å². The Bertz CT molecular complexity index is 611. The lowest BCUT2D eigenvalue weighted by Crippen LogP contribution is -2.51. The quantitative estimate of drug-likeness (QED) is 0.651. The van der Waals surface area contributed by atoms with Gasteiger partial charge in [-0.15, -0.1) is 0 Å². The van der Waals surface area contributed by atoms with Crippen molar-refractivity contribution in [2.45, 2.75) is 38.0 Å². The van der Waals surface area contributed by atoms with Crippen LogP contribution in [0.5, 0.6) is 0 Å². The maximum absolute atomic E-state index is 12.0. The summed E-state index contributed by atoms with van der Waals surface area (Å²) in [5.74, 6) is -0.179. The van der Waals surface area contributed by atoms with E-state index in [1.54, 1.807) is 9.80 Å². The zero-order valence-corrected chi connectivity index (χ0v) is 16.5. The summed E-state index contributed by atoms with van der Waals surface area (Å²) in [6, 6.07) is 0. The molecule has 1 atom stereocenters. The molecule has 0 aromatic carbocycles. The van der Waals surface area contributed by atoms with Crippen molar-refractivity contribution in [2.24, 2.45) is 0 Å². The van der Waals surface area contributed by atoms with Gasteiger partial charge in [0.1, 0.15) is 10.9 Å². The fraction of sp³-hybridized carbons (Fsp3) is 0.867. The van der Waals surface area contributed by atoms with Crippen LogP contribution in [-0.2, 0) is 18.6 Å². The van der Waals surface area contributed by atoms with Gasteiger partial charge in [0.2, 0.25) is 15.0 Å². The van der Waals surface area contributed by atoms with Gasteiger partial charge in [0, 0.05) is 62.9 Å². The van der Waals surface area contributed by atoms with Crippen LogP contribution in [0.2, 0.25) is 0 Å². The van der Waals surface area contributed by atoms with Gasteiger partial charge in [-0.3, -0.25) is 9.69 Å². The molecule has 0 aliphatic carbocycles. The van der Waals surface area contributed by atoms with Crippen LogP contribution in [0.3, 0.4) is 0 Å². The normalized spacial score (nSPS) is 23.2. The Hall–Kier alpha value is -1.06. The molecule has 10 heteroatoms. The fourth-order valence-electron chi connectivity index (χ4n) is 2.88. The van der Waals surface area contributed by atoms with Gasteiger partial charge in [-0.05, 0) is 20.8 Å². The third kappa shape index (κ3) is 6.00. The SMILES string of the molecule is CC(C)(C)OC(=O)N1CCN(CCN2CC(S(=O)(=O)Cl)CC2=O)CC1. The Morgan fingerprint density at radius 3 is 2.28 bits per heavy atom. The van der Waals surface area contributed by atoms with Crippen molar-refractivity contribution in [3.05, 3.63) is 0 Å². The molecule has 0 spiro atoms. The Balaban J connectivity index is 1.74. The van der Waals surface area contributed by atoms with Gasteiger partial charge in [-0.25, -0.2) is 13.2 Å². The minimum atomic E-state index is -3.71. The Kier molecular flexibility index (Phi) is 6.22. The van der Waals surface area contributed by atoms with E-state index in [0.29, 0.717) is 39.3 Å². The number of carbonyl (C=O) groups is 2. The fourth-order valence-corrected chi connectivity index (χ4v) is 3.94. The molecule has 25 heavy (non-hydrogen) atoms. The molecule has 0 radical (unpaired) electrons. The number of hydrogen-bond acceptors (Lipinski definition) is 6. The lowest BCUT2D eigenvalue weighted by Gasteiger charge is -2.36. The first-order valence-corrected chi connectivity index (χ1v) is 10.7. The Morgan fingerprint density at radius 1 is 1.20 bits per heavy atom. The first-order chi connectivity index (χ1) is 11.5. The van der Waals surface area contributed by atoms with Crippen LogP contribution >= 0.6 is 10.7 Å². The first-order valence-electron chi connectivity index (χ1n) is 8.37. The molecule has 0 aromatic heterocycles. The zero-order valence-electron chi connectivity index (χ0n) is 14.9. The van der Waals surface area contributed by atoms with Crippen LogP contribution in [0, 0.1) is 0 Å². The Labute approximate surface area is 153 Å². The average Bonchev–Trinajstić information content (AvgIpc) is 2.85. The van der Waals surface area contributed by atoms with Gasteiger partial charge >= 0.3 is 6.09 Å². The van der Waals surface area contributed by atoms with Gasteiger partial charge in [0.15, 0.2) is 0 Å². The lowest BCUT2D eigenvalue weighted by atomic mass is 10.2. The molecule has 144 valence electrons. The molecule has 2 saturated heterocycles. The number of ether oxygens (including phenoxy) is 1. The van der Waals surface area contributed by atoms with E-state index in [1.165, 1.54) is 0 Å². The smallest absolute Gasteiger partial charge is 0.410 e. The van der Waals surface area contributed by atoms with E-state index >= 15 is 0 Å². The second-order valence-electron chi connectivity index (χ2n) is 7.45. The van der Waals surface area contributed by atoms with E-state index in [1.807, 2.05) is 20.8 Å². The number of nitrogens with zero attached hydrogens (tertiary/aromatic N) is 3. The highest BCUT2D eigenvalue weighted by molar-refractivity contribution is 8.14. The molecule has 0 N–H and O–H groups in total. The summed E-state index contributed by atoms with van der Waals surface area (Å²) in [6.07, 6.45) is -0.352. The molecule has 0 saturated carbocycles. The van der Waals surface area contributed by atoms with Crippen molar-refractivity contribution in [1.29, 1.82) is 0 Å². The van der Waals surface area contributed by atoms with Crippen LogP contribution in [0.1, 0.15) is 27.2 Å². The van der Waals surface area contributed by atoms with Crippen molar-refractivity contribution < 1.29 is 22.7 Å². The van der Waals surface area contributed by atoms with Crippen LogP contribution in [0.15, 0.2) is 0 Å². The summed E-state index contributed by atoms with van der Waals surface area (Å²) in [5.41, 5.74) is -0.510. The number of amides is 2. The topological polar surface area (TPSA) is 87.2 Å². The second-order valence-corrected chi connectivity index (χ2v) is 10.4. The molecule has 0 aromatic rings. The maximum atomic E-state index is 12.0. The summed E-state index contributed by atoms with van der Waals surface area (Å²) < 4.78 is 28.1. The molecule has 8 nitrogen and oxygen atoms in total. The first kappa shape index (κ1) is 20.3. The van der Waals surface area contributed by atoms with Gasteiger partial charge in [0.05, 0.1) is 0 Å². The standard InChI is InChI=1S/C15H26ClN3O5S/c1-15(2,3)24-14(21)18-7-4-17(5-8-18)6-9-19-11-12(10-13(19)20)25(16,22)23/h12H,4-11H2,1-3H3. The summed E-state index contributed by atoms with van der Waals surface area (Å²) in [6.45, 7) is 9.30. The zero-order chi connectivity index (χ0) is 18.8. The number of hydrogen-bond donors (Lipinski definition) is 0. The molecule has 2 rings (SSSR count). The summed E-state index contributed by atoms with van der Waals surface area (Å²) in [7, 11) is 1.64. The molecule has 2 aliphatic heterocycles. The highest BCUT2D eigenvalue weighted by Crippen LogP contribution is 2.21. The van der Waals surface area contributed by atoms with Crippen LogP contribution in [-0.4, -0.2) is 91.8 Å². The average molecular weight is 396 g/mol. The molecular formula is C15H26ClN3O5S. The minimum Gasteiger partial charge on any atom is -0.444 e. The van der Waals surface area contributed by atoms with E-state index < -0.39 is 19.9 Å². The third-order valence-electron chi connectivity index (χ3n) is 4.29. The van der Waals surface area contributed by atoms with Crippen molar-refractivity contribution in [3.63, 3.8) is 0 Å². The van der Waals surface area contributed by atoms with E-state index in [4.69, 9.17) is 15.4 Å². The molecule has 2 aliphatic rings. The number of piperazine rings is 1. The van der Waals surface area contributed by atoms with Crippen LogP contribution < -0.4 is 0 Å². The number of likely N-dealkylation sites (tertiary alicyclic amines) is 1. The predicted octanol–water partition coefficient (Wildman–Crippen LogP) is 0.709. The molecule has 0 bridgehead atoms. The van der Waals surface area contributed by atoms with Crippen molar-refractivity contribution in [2.75, 3.05) is 45.8 Å². The minimum absolute atomic E-state index is 0.0434. The summed E-state index contributed by atoms with van der Waals surface area (Å²) in [4.78, 5) is 29.3. The number of halogens is 1. The summed E-state index contributed by atoms with van der Waals surface area (Å²) in [5, 5.41) is -0.814.